The number of nitrogen functional groups attached to an aromatic ring is 1. The largest absolute Gasteiger partial charge is 0.384 e. The molecule has 1 fully saturated rings. The second-order valence-electron chi connectivity index (χ2n) is 5.96. The molecule has 2 rings (SSSR count). The van der Waals surface area contributed by atoms with E-state index in [1.807, 2.05) is 4.57 Å². The van der Waals surface area contributed by atoms with E-state index in [4.69, 9.17) is 17.1 Å². The lowest BCUT2D eigenvalue weighted by atomic mass is 9.86. The number of nitrogens with zero attached hydrogens (tertiary/aromatic N) is 2. The summed E-state index contributed by atoms with van der Waals surface area (Å²) in [6.07, 6.45) is 13.2. The third-order valence-electron chi connectivity index (χ3n) is 4.09. The Morgan fingerprint density at radius 2 is 2.05 bits per heavy atom. The molecule has 0 bridgehead atoms. The van der Waals surface area contributed by atoms with Crippen LogP contribution in [-0.4, -0.2) is 9.55 Å². The van der Waals surface area contributed by atoms with Crippen molar-refractivity contribution < 1.29 is 0 Å². The lowest BCUT2D eigenvalue weighted by molar-refractivity contribution is 0.355. The molecule has 0 atom stereocenters. The highest BCUT2D eigenvalue weighted by atomic mass is 15.1. The van der Waals surface area contributed by atoms with Crippen molar-refractivity contribution in [1.29, 1.82) is 0 Å². The van der Waals surface area contributed by atoms with Gasteiger partial charge >= 0.3 is 0 Å². The van der Waals surface area contributed by atoms with Gasteiger partial charge < -0.3 is 10.3 Å². The second-order valence-corrected chi connectivity index (χ2v) is 5.96. The zero-order valence-corrected chi connectivity index (χ0v) is 12.2. The Labute approximate surface area is 116 Å². The Balaban J connectivity index is 2.20. The van der Waals surface area contributed by atoms with Gasteiger partial charge in [0.25, 0.3) is 0 Å². The predicted octanol–water partition coefficient (Wildman–Crippen LogP) is 3.34. The van der Waals surface area contributed by atoms with Crippen LogP contribution in [0.3, 0.4) is 0 Å². The molecule has 2 N–H and O–H groups in total. The van der Waals surface area contributed by atoms with E-state index in [2.05, 4.69) is 19.8 Å². The van der Waals surface area contributed by atoms with Crippen LogP contribution in [0.15, 0.2) is 0 Å². The predicted molar refractivity (Wildman–Crippen MR) is 79.8 cm³/mol. The van der Waals surface area contributed by atoms with Crippen LogP contribution >= 0.6 is 0 Å². The highest BCUT2D eigenvalue weighted by Gasteiger charge is 2.21. The Kier molecular flexibility index (Phi) is 4.52. The van der Waals surface area contributed by atoms with Crippen molar-refractivity contribution >= 4 is 5.82 Å². The standard InChI is InChI=1S/C16H25N3/c1-4-10-19-15(17)14(18-16(19)12(2)3)11-13-8-6-5-7-9-13/h1,12-13H,5-11,17H2,2-3H3. The molecule has 1 aromatic rings. The molecule has 0 amide bonds. The van der Waals surface area contributed by atoms with Crippen molar-refractivity contribution in [2.24, 2.45) is 5.92 Å². The molecular weight excluding hydrogens is 234 g/mol. The monoisotopic (exact) mass is 259 g/mol. The topological polar surface area (TPSA) is 43.8 Å². The van der Waals surface area contributed by atoms with E-state index >= 15 is 0 Å². The van der Waals surface area contributed by atoms with E-state index < -0.39 is 0 Å². The summed E-state index contributed by atoms with van der Waals surface area (Å²) in [5, 5.41) is 0. The number of hydrogen-bond acceptors (Lipinski definition) is 2. The first-order chi connectivity index (χ1) is 9.13. The molecule has 1 aliphatic carbocycles. The number of nitrogens with two attached hydrogens (primary N) is 1. The van der Waals surface area contributed by atoms with Gasteiger partial charge in [-0.25, -0.2) is 4.98 Å². The molecule has 0 radical (unpaired) electrons. The SMILES string of the molecule is C#CCn1c(C(C)C)nc(CC2CCCCC2)c1N. The van der Waals surface area contributed by atoms with Gasteiger partial charge in [0.2, 0.25) is 0 Å². The van der Waals surface area contributed by atoms with Gasteiger partial charge in [0, 0.05) is 5.92 Å². The average molecular weight is 259 g/mol. The maximum Gasteiger partial charge on any atom is 0.127 e. The van der Waals surface area contributed by atoms with E-state index in [1.165, 1.54) is 32.1 Å². The van der Waals surface area contributed by atoms with E-state index in [0.717, 1.165) is 29.7 Å². The molecule has 1 aromatic heterocycles. The number of rotatable bonds is 4. The third kappa shape index (κ3) is 3.12. The Bertz CT molecular complexity index is 459. The normalized spacial score (nSPS) is 16.7. The number of aromatic nitrogens is 2. The Morgan fingerprint density at radius 3 is 2.63 bits per heavy atom. The number of terminal acetylenes is 1. The summed E-state index contributed by atoms with van der Waals surface area (Å²) in [5.74, 6) is 5.61. The summed E-state index contributed by atoms with van der Waals surface area (Å²) in [7, 11) is 0. The molecule has 0 unspecified atom stereocenters. The molecule has 3 nitrogen and oxygen atoms in total. The summed E-state index contributed by atoms with van der Waals surface area (Å²) < 4.78 is 2.00. The van der Waals surface area contributed by atoms with Crippen LogP contribution in [0.4, 0.5) is 5.82 Å². The van der Waals surface area contributed by atoms with Gasteiger partial charge in [-0.15, -0.1) is 6.42 Å². The van der Waals surface area contributed by atoms with Crippen LogP contribution in [0.25, 0.3) is 0 Å². The summed E-state index contributed by atoms with van der Waals surface area (Å²) in [4.78, 5) is 4.76. The molecule has 3 heteroatoms. The summed E-state index contributed by atoms with van der Waals surface area (Å²) in [6, 6.07) is 0. The molecular formula is C16H25N3. The van der Waals surface area contributed by atoms with Gasteiger partial charge in [-0.1, -0.05) is 51.9 Å². The van der Waals surface area contributed by atoms with E-state index in [9.17, 15) is 0 Å². The summed E-state index contributed by atoms with van der Waals surface area (Å²) >= 11 is 0. The number of imidazole rings is 1. The summed E-state index contributed by atoms with van der Waals surface area (Å²) in [6.45, 7) is 4.80. The van der Waals surface area contributed by atoms with Gasteiger partial charge in [-0.05, 0) is 12.3 Å². The fourth-order valence-corrected chi connectivity index (χ4v) is 3.05. The third-order valence-corrected chi connectivity index (χ3v) is 4.09. The molecule has 1 aliphatic rings. The lowest BCUT2D eigenvalue weighted by Crippen LogP contribution is -2.11. The van der Waals surface area contributed by atoms with E-state index in [0.29, 0.717) is 12.5 Å². The maximum atomic E-state index is 6.25. The minimum Gasteiger partial charge on any atom is -0.384 e. The molecule has 0 saturated heterocycles. The van der Waals surface area contributed by atoms with E-state index in [-0.39, 0.29) is 0 Å². The highest BCUT2D eigenvalue weighted by molar-refractivity contribution is 5.40. The van der Waals surface area contributed by atoms with Crippen molar-refractivity contribution in [2.45, 2.75) is 64.8 Å². The van der Waals surface area contributed by atoms with Crippen molar-refractivity contribution in [3.05, 3.63) is 11.5 Å². The van der Waals surface area contributed by atoms with E-state index in [1.54, 1.807) is 0 Å². The first kappa shape index (κ1) is 14.0. The molecule has 0 aliphatic heterocycles. The smallest absolute Gasteiger partial charge is 0.127 e. The van der Waals surface area contributed by atoms with Gasteiger partial charge in [0.1, 0.15) is 11.6 Å². The van der Waals surface area contributed by atoms with Crippen molar-refractivity contribution in [2.75, 3.05) is 5.73 Å². The van der Waals surface area contributed by atoms with Crippen molar-refractivity contribution in [3.63, 3.8) is 0 Å². The number of anilines is 1. The van der Waals surface area contributed by atoms with Gasteiger partial charge in [0.05, 0.1) is 12.2 Å². The minimum atomic E-state index is 0.357. The zero-order valence-electron chi connectivity index (χ0n) is 12.2. The lowest BCUT2D eigenvalue weighted by Gasteiger charge is -2.20. The van der Waals surface area contributed by atoms with Crippen LogP contribution < -0.4 is 5.73 Å². The van der Waals surface area contributed by atoms with Crippen LogP contribution in [-0.2, 0) is 13.0 Å². The molecule has 0 aromatic carbocycles. The van der Waals surface area contributed by atoms with Crippen LogP contribution in [0.1, 0.15) is 63.4 Å². The van der Waals surface area contributed by atoms with Crippen LogP contribution in [0, 0.1) is 18.3 Å². The molecule has 1 saturated carbocycles. The first-order valence-electron chi connectivity index (χ1n) is 7.41. The highest BCUT2D eigenvalue weighted by Crippen LogP contribution is 2.29. The Morgan fingerprint density at radius 1 is 1.37 bits per heavy atom. The van der Waals surface area contributed by atoms with Crippen LogP contribution in [0.5, 0.6) is 0 Å². The second kappa shape index (κ2) is 6.14. The first-order valence-corrected chi connectivity index (χ1v) is 7.41. The summed E-state index contributed by atoms with van der Waals surface area (Å²) in [5.41, 5.74) is 7.31. The fourth-order valence-electron chi connectivity index (χ4n) is 3.05. The number of hydrogen-bond donors (Lipinski definition) is 1. The van der Waals surface area contributed by atoms with Gasteiger partial charge in [-0.3, -0.25) is 0 Å². The van der Waals surface area contributed by atoms with Crippen molar-refractivity contribution in [3.8, 4) is 12.3 Å². The fraction of sp³-hybridized carbons (Fsp3) is 0.688. The van der Waals surface area contributed by atoms with Crippen molar-refractivity contribution in [1.82, 2.24) is 9.55 Å². The van der Waals surface area contributed by atoms with Gasteiger partial charge in [0.15, 0.2) is 0 Å². The van der Waals surface area contributed by atoms with Gasteiger partial charge in [-0.2, -0.15) is 0 Å². The minimum absolute atomic E-state index is 0.357. The molecule has 1 heterocycles. The quantitative estimate of drug-likeness (QED) is 0.843. The average Bonchev–Trinajstić information content (AvgIpc) is 2.70. The zero-order chi connectivity index (χ0) is 13.8. The molecule has 19 heavy (non-hydrogen) atoms. The Hall–Kier alpha value is -1.43. The van der Waals surface area contributed by atoms with Crippen LogP contribution in [0.2, 0.25) is 0 Å². The molecule has 104 valence electrons. The maximum absolute atomic E-state index is 6.25. The molecule has 0 spiro atoms.